The number of aliphatic hydroxyl groups is 2. The van der Waals surface area contributed by atoms with Gasteiger partial charge < -0.3 is 19.4 Å². The molecule has 2 N–H and O–H groups in total. The number of aliphatic hydroxyl groups excluding tert-OH is 2. The van der Waals surface area contributed by atoms with Crippen LogP contribution in [-0.2, 0) is 9.16 Å². The molecular weight excluding hydrogens is 363 g/mol. The van der Waals surface area contributed by atoms with Crippen LogP contribution in [-0.4, -0.2) is 47.1 Å². The maximum Gasteiger partial charge on any atom is 0.192 e. The standard InChI is InChI=1S/C12H25IO4Si/c1-7-9(14)10(8(13)11(15)16-7)17-18(5,6)12(2,3)4/h7-11,14-15H,1-6H3/t7-,8+,9+,10-,11+/m0/s1. The molecule has 1 aliphatic heterocycles. The first-order chi connectivity index (χ1) is 7.97. The number of hydrogen-bond acceptors (Lipinski definition) is 4. The minimum Gasteiger partial charge on any atom is -0.410 e. The zero-order chi connectivity index (χ0) is 14.3. The molecule has 0 aromatic rings. The van der Waals surface area contributed by atoms with Crippen LogP contribution in [0.3, 0.4) is 0 Å². The summed E-state index contributed by atoms with van der Waals surface area (Å²) in [6.45, 7) is 12.5. The minimum absolute atomic E-state index is 0.0789. The van der Waals surface area contributed by atoms with Crippen molar-refractivity contribution in [1.29, 1.82) is 0 Å². The van der Waals surface area contributed by atoms with E-state index in [1.807, 2.05) is 0 Å². The lowest BCUT2D eigenvalue weighted by molar-refractivity contribution is -0.215. The molecule has 0 amide bonds. The molecule has 0 saturated carbocycles. The van der Waals surface area contributed by atoms with Crippen LogP contribution >= 0.6 is 22.6 Å². The summed E-state index contributed by atoms with van der Waals surface area (Å²) < 4.78 is 11.3. The molecule has 6 heteroatoms. The third-order valence-electron chi connectivity index (χ3n) is 3.99. The Labute approximate surface area is 124 Å². The van der Waals surface area contributed by atoms with E-state index in [9.17, 15) is 10.2 Å². The van der Waals surface area contributed by atoms with Gasteiger partial charge in [-0.25, -0.2) is 0 Å². The second-order valence-electron chi connectivity index (χ2n) is 6.51. The highest BCUT2D eigenvalue weighted by Crippen LogP contribution is 2.40. The summed E-state index contributed by atoms with van der Waals surface area (Å²) in [6, 6.07) is 0. The lowest BCUT2D eigenvalue weighted by Gasteiger charge is -2.46. The van der Waals surface area contributed by atoms with E-state index in [2.05, 4.69) is 56.5 Å². The molecule has 0 radical (unpaired) electrons. The fourth-order valence-electron chi connectivity index (χ4n) is 1.64. The van der Waals surface area contributed by atoms with Crippen LogP contribution in [0.15, 0.2) is 0 Å². The average molecular weight is 388 g/mol. The fourth-order valence-corrected chi connectivity index (χ4v) is 3.98. The van der Waals surface area contributed by atoms with Crippen molar-refractivity contribution in [2.75, 3.05) is 0 Å². The van der Waals surface area contributed by atoms with Gasteiger partial charge in [0.15, 0.2) is 14.6 Å². The predicted molar refractivity (Wildman–Crippen MR) is 82.4 cm³/mol. The molecule has 1 aliphatic rings. The smallest absolute Gasteiger partial charge is 0.192 e. The second-order valence-corrected chi connectivity index (χ2v) is 12.7. The average Bonchev–Trinajstić information content (AvgIpc) is 2.20. The molecule has 108 valence electrons. The van der Waals surface area contributed by atoms with Gasteiger partial charge in [-0.15, -0.1) is 0 Å². The zero-order valence-corrected chi connectivity index (χ0v) is 15.1. The van der Waals surface area contributed by atoms with Gasteiger partial charge in [0.1, 0.15) is 6.10 Å². The van der Waals surface area contributed by atoms with E-state index in [1.54, 1.807) is 6.92 Å². The normalized spacial score (nSPS) is 38.8. The van der Waals surface area contributed by atoms with Crippen LogP contribution < -0.4 is 0 Å². The molecular formula is C12H25IO4Si. The number of alkyl halides is 1. The van der Waals surface area contributed by atoms with Gasteiger partial charge in [0.2, 0.25) is 0 Å². The van der Waals surface area contributed by atoms with Gasteiger partial charge >= 0.3 is 0 Å². The third-order valence-corrected chi connectivity index (χ3v) is 9.79. The molecule has 18 heavy (non-hydrogen) atoms. The van der Waals surface area contributed by atoms with Crippen LogP contribution in [0.1, 0.15) is 27.7 Å². The third kappa shape index (κ3) is 3.46. The van der Waals surface area contributed by atoms with Crippen molar-refractivity contribution in [3.8, 4) is 0 Å². The highest BCUT2D eigenvalue weighted by atomic mass is 127. The highest BCUT2D eigenvalue weighted by molar-refractivity contribution is 14.1. The zero-order valence-electron chi connectivity index (χ0n) is 12.0. The first-order valence-corrected chi connectivity index (χ1v) is 10.5. The molecule has 0 spiro atoms. The van der Waals surface area contributed by atoms with Crippen molar-refractivity contribution in [2.45, 2.75) is 74.4 Å². The Bertz CT molecular complexity index is 278. The quantitative estimate of drug-likeness (QED) is 0.433. The van der Waals surface area contributed by atoms with Gasteiger partial charge in [-0.2, -0.15) is 0 Å². The van der Waals surface area contributed by atoms with Gasteiger partial charge in [-0.05, 0) is 25.1 Å². The molecule has 1 rings (SSSR count). The molecule has 0 unspecified atom stereocenters. The summed E-state index contributed by atoms with van der Waals surface area (Å²) in [5.74, 6) is 0. The van der Waals surface area contributed by atoms with Crippen molar-refractivity contribution in [1.82, 2.24) is 0 Å². The fraction of sp³-hybridized carbons (Fsp3) is 1.00. The van der Waals surface area contributed by atoms with Crippen molar-refractivity contribution in [3.05, 3.63) is 0 Å². The van der Waals surface area contributed by atoms with E-state index >= 15 is 0 Å². The summed E-state index contributed by atoms with van der Waals surface area (Å²) in [7, 11) is -1.97. The van der Waals surface area contributed by atoms with Crippen LogP contribution in [0.4, 0.5) is 0 Å². The van der Waals surface area contributed by atoms with E-state index in [0.29, 0.717) is 0 Å². The first-order valence-electron chi connectivity index (χ1n) is 6.31. The molecule has 5 atom stereocenters. The van der Waals surface area contributed by atoms with Crippen molar-refractivity contribution < 1.29 is 19.4 Å². The van der Waals surface area contributed by atoms with Crippen molar-refractivity contribution in [3.63, 3.8) is 0 Å². The lowest BCUT2D eigenvalue weighted by Crippen LogP contribution is -2.59. The molecule has 0 aromatic carbocycles. The van der Waals surface area contributed by atoms with Gasteiger partial charge in [-0.3, -0.25) is 0 Å². The number of ether oxygens (including phenoxy) is 1. The Balaban J connectivity index is 2.87. The second kappa shape index (κ2) is 5.65. The van der Waals surface area contributed by atoms with Crippen LogP contribution in [0.5, 0.6) is 0 Å². The maximum absolute atomic E-state index is 10.2. The summed E-state index contributed by atoms with van der Waals surface area (Å²) >= 11 is 2.10. The van der Waals surface area contributed by atoms with E-state index < -0.39 is 26.8 Å². The number of halogens is 1. The van der Waals surface area contributed by atoms with Crippen molar-refractivity contribution in [2.24, 2.45) is 0 Å². The lowest BCUT2D eigenvalue weighted by atomic mass is 10.0. The molecule has 0 bridgehead atoms. The first kappa shape index (κ1) is 16.8. The Kier molecular flexibility index (Phi) is 5.29. The predicted octanol–water partition coefficient (Wildman–Crippen LogP) is 2.28. The van der Waals surface area contributed by atoms with Crippen molar-refractivity contribution >= 4 is 30.9 Å². The summed E-state index contributed by atoms with van der Waals surface area (Å²) in [6.07, 6.45) is -2.34. The molecule has 1 saturated heterocycles. The SMILES string of the molecule is C[C@@H]1O[C@@H](O)[C@H](I)[C@H](O[Si](C)(C)C(C)(C)C)[C@@H]1O. The number of hydrogen-bond donors (Lipinski definition) is 2. The molecule has 0 aliphatic carbocycles. The van der Waals surface area contributed by atoms with Gasteiger partial charge in [-0.1, -0.05) is 43.4 Å². The number of rotatable bonds is 2. The van der Waals surface area contributed by atoms with Gasteiger partial charge in [0, 0.05) is 0 Å². The Hall–Kier alpha value is 0.787. The van der Waals surface area contributed by atoms with Crippen LogP contribution in [0.25, 0.3) is 0 Å². The maximum atomic E-state index is 10.2. The molecule has 1 heterocycles. The van der Waals surface area contributed by atoms with E-state index in [1.165, 1.54) is 0 Å². The summed E-state index contributed by atoms with van der Waals surface area (Å²) in [4.78, 5) is 0. The largest absolute Gasteiger partial charge is 0.410 e. The van der Waals surface area contributed by atoms with E-state index in [-0.39, 0.29) is 15.1 Å². The van der Waals surface area contributed by atoms with Gasteiger partial charge in [0.25, 0.3) is 0 Å². The van der Waals surface area contributed by atoms with Gasteiger partial charge in [0.05, 0.1) is 16.1 Å². The summed E-state index contributed by atoms with van der Waals surface area (Å²) in [5.41, 5.74) is 0. The van der Waals surface area contributed by atoms with E-state index in [4.69, 9.17) is 9.16 Å². The Morgan fingerprint density at radius 1 is 1.22 bits per heavy atom. The Morgan fingerprint density at radius 2 is 1.72 bits per heavy atom. The topological polar surface area (TPSA) is 58.9 Å². The monoisotopic (exact) mass is 388 g/mol. The minimum atomic E-state index is -1.97. The van der Waals surface area contributed by atoms with Crippen LogP contribution in [0, 0.1) is 0 Å². The van der Waals surface area contributed by atoms with E-state index in [0.717, 1.165) is 0 Å². The summed E-state index contributed by atoms with van der Waals surface area (Å²) in [5, 5.41) is 20.1. The highest BCUT2D eigenvalue weighted by Gasteiger charge is 2.47. The van der Waals surface area contributed by atoms with Crippen LogP contribution in [0.2, 0.25) is 18.1 Å². The molecule has 4 nitrogen and oxygen atoms in total. The Morgan fingerprint density at radius 3 is 2.17 bits per heavy atom. The molecule has 0 aromatic heterocycles. The molecule has 1 fully saturated rings.